The highest BCUT2D eigenvalue weighted by atomic mass is 19.1. The van der Waals surface area contributed by atoms with Crippen molar-refractivity contribution in [3.05, 3.63) is 59.4 Å². The molecule has 0 aliphatic rings. The number of nitrogens with zero attached hydrogens (tertiary/aromatic N) is 2. The van der Waals surface area contributed by atoms with E-state index in [2.05, 4.69) is 15.3 Å². The molecule has 0 saturated carbocycles. The molecule has 1 N–H and O–H groups in total. The van der Waals surface area contributed by atoms with Crippen LogP contribution < -0.4 is 5.32 Å². The minimum atomic E-state index is -0.323. The molecular weight excluding hydrogens is 217 g/mol. The number of aryl methyl sites for hydroxylation is 1. The SMILES string of the molecule is CNC(c1ncccn1)c1cc(C)ccc1F. The normalized spacial score (nSPS) is 12.4. The van der Waals surface area contributed by atoms with Gasteiger partial charge < -0.3 is 5.32 Å². The number of hydrogen-bond acceptors (Lipinski definition) is 3. The molecule has 88 valence electrons. The van der Waals surface area contributed by atoms with Crippen molar-refractivity contribution >= 4 is 0 Å². The quantitative estimate of drug-likeness (QED) is 0.880. The standard InChI is InChI=1S/C13H14FN3/c1-9-4-5-11(14)10(8-9)12(15-2)13-16-6-3-7-17-13/h3-8,12,15H,1-2H3. The lowest BCUT2D eigenvalue weighted by molar-refractivity contribution is 0.562. The van der Waals surface area contributed by atoms with Crippen molar-refractivity contribution < 1.29 is 4.39 Å². The van der Waals surface area contributed by atoms with Crippen molar-refractivity contribution in [1.82, 2.24) is 15.3 Å². The van der Waals surface area contributed by atoms with Crippen molar-refractivity contribution in [3.8, 4) is 0 Å². The Kier molecular flexibility index (Phi) is 3.44. The first-order chi connectivity index (χ1) is 8.22. The van der Waals surface area contributed by atoms with Crippen molar-refractivity contribution in [3.63, 3.8) is 0 Å². The second-order valence-electron chi connectivity index (χ2n) is 3.85. The van der Waals surface area contributed by atoms with Crippen molar-refractivity contribution in [2.75, 3.05) is 7.05 Å². The first kappa shape index (κ1) is 11.7. The molecular formula is C13H14FN3. The molecule has 0 bridgehead atoms. The molecule has 0 amide bonds. The molecule has 1 unspecified atom stereocenters. The lowest BCUT2D eigenvalue weighted by Crippen LogP contribution is -2.21. The zero-order valence-electron chi connectivity index (χ0n) is 9.81. The van der Waals surface area contributed by atoms with Gasteiger partial charge >= 0.3 is 0 Å². The number of benzene rings is 1. The molecule has 1 aromatic carbocycles. The van der Waals surface area contributed by atoms with Gasteiger partial charge in [-0.3, -0.25) is 0 Å². The van der Waals surface area contributed by atoms with E-state index in [0.717, 1.165) is 5.56 Å². The van der Waals surface area contributed by atoms with Crippen molar-refractivity contribution in [2.45, 2.75) is 13.0 Å². The molecule has 0 saturated heterocycles. The fourth-order valence-electron chi connectivity index (χ4n) is 1.77. The Labute approximate surface area is 99.7 Å². The maximum absolute atomic E-state index is 13.8. The van der Waals surface area contributed by atoms with Crippen LogP contribution in [0.15, 0.2) is 36.7 Å². The highest BCUT2D eigenvalue weighted by Gasteiger charge is 2.18. The van der Waals surface area contributed by atoms with Crippen LogP contribution in [-0.2, 0) is 0 Å². The summed E-state index contributed by atoms with van der Waals surface area (Å²) in [6.45, 7) is 1.93. The molecule has 0 fully saturated rings. The predicted octanol–water partition coefficient (Wildman–Crippen LogP) is 2.23. The molecule has 3 nitrogen and oxygen atoms in total. The first-order valence-electron chi connectivity index (χ1n) is 5.42. The number of nitrogens with one attached hydrogen (secondary N) is 1. The van der Waals surface area contributed by atoms with Gasteiger partial charge in [-0.25, -0.2) is 14.4 Å². The average Bonchev–Trinajstić information content (AvgIpc) is 2.36. The highest BCUT2D eigenvalue weighted by Crippen LogP contribution is 2.22. The average molecular weight is 231 g/mol. The number of hydrogen-bond donors (Lipinski definition) is 1. The summed E-state index contributed by atoms with van der Waals surface area (Å²) < 4.78 is 13.8. The lowest BCUT2D eigenvalue weighted by Gasteiger charge is -2.16. The van der Waals surface area contributed by atoms with Crippen LogP contribution in [0.3, 0.4) is 0 Å². The summed E-state index contributed by atoms with van der Waals surface area (Å²) in [7, 11) is 1.77. The van der Waals surface area contributed by atoms with E-state index in [1.165, 1.54) is 6.07 Å². The molecule has 1 aromatic heterocycles. The van der Waals surface area contributed by atoms with Crippen LogP contribution in [0.25, 0.3) is 0 Å². The molecule has 0 radical (unpaired) electrons. The molecule has 2 rings (SSSR count). The summed E-state index contributed by atoms with van der Waals surface area (Å²) in [6, 6.07) is 6.45. The van der Waals surface area contributed by atoms with Crippen LogP contribution in [0.1, 0.15) is 23.0 Å². The van der Waals surface area contributed by atoms with Crippen LogP contribution in [0.4, 0.5) is 4.39 Å². The molecule has 0 aliphatic carbocycles. The van der Waals surface area contributed by atoms with Crippen molar-refractivity contribution in [2.24, 2.45) is 0 Å². The molecule has 0 spiro atoms. The third-order valence-electron chi connectivity index (χ3n) is 2.60. The minimum Gasteiger partial charge on any atom is -0.307 e. The van der Waals surface area contributed by atoms with Gasteiger partial charge in [0, 0.05) is 18.0 Å². The van der Waals surface area contributed by atoms with Crippen LogP contribution in [0.5, 0.6) is 0 Å². The van der Waals surface area contributed by atoms with Gasteiger partial charge in [-0.15, -0.1) is 0 Å². The second kappa shape index (κ2) is 5.01. The zero-order chi connectivity index (χ0) is 12.3. The van der Waals surface area contributed by atoms with Crippen LogP contribution in [0.2, 0.25) is 0 Å². The van der Waals surface area contributed by atoms with E-state index >= 15 is 0 Å². The number of aromatic nitrogens is 2. The minimum absolute atomic E-state index is 0.248. The van der Waals surface area contributed by atoms with Gasteiger partial charge in [-0.2, -0.15) is 0 Å². The third-order valence-corrected chi connectivity index (χ3v) is 2.60. The Hall–Kier alpha value is -1.81. The van der Waals surface area contributed by atoms with Crippen LogP contribution in [0, 0.1) is 12.7 Å². The van der Waals surface area contributed by atoms with Gasteiger partial charge in [-0.1, -0.05) is 17.7 Å². The summed E-state index contributed by atoms with van der Waals surface area (Å²) in [5, 5.41) is 3.04. The summed E-state index contributed by atoms with van der Waals surface area (Å²) in [5.41, 5.74) is 1.58. The first-order valence-corrected chi connectivity index (χ1v) is 5.42. The molecule has 1 heterocycles. The van der Waals surface area contributed by atoms with Gasteiger partial charge in [0.1, 0.15) is 11.6 Å². The van der Waals surface area contributed by atoms with E-state index in [9.17, 15) is 4.39 Å². The van der Waals surface area contributed by atoms with Gasteiger partial charge in [0.05, 0.1) is 6.04 Å². The van der Waals surface area contributed by atoms with E-state index in [-0.39, 0.29) is 11.9 Å². The van der Waals surface area contributed by atoms with Gasteiger partial charge in [0.25, 0.3) is 0 Å². The van der Waals surface area contributed by atoms with Crippen LogP contribution >= 0.6 is 0 Å². The Bertz CT molecular complexity index is 499. The van der Waals surface area contributed by atoms with E-state index in [1.807, 2.05) is 13.0 Å². The topological polar surface area (TPSA) is 37.8 Å². The zero-order valence-corrected chi connectivity index (χ0v) is 9.81. The maximum Gasteiger partial charge on any atom is 0.149 e. The van der Waals surface area contributed by atoms with Gasteiger partial charge in [-0.05, 0) is 26.1 Å². The van der Waals surface area contributed by atoms with E-state index < -0.39 is 0 Å². The fourth-order valence-corrected chi connectivity index (χ4v) is 1.77. The van der Waals surface area contributed by atoms with Crippen LogP contribution in [-0.4, -0.2) is 17.0 Å². The van der Waals surface area contributed by atoms with Crippen molar-refractivity contribution in [1.29, 1.82) is 0 Å². The third kappa shape index (κ3) is 2.47. The highest BCUT2D eigenvalue weighted by molar-refractivity contribution is 5.30. The van der Waals surface area contributed by atoms with Gasteiger partial charge in [0.15, 0.2) is 0 Å². The summed E-state index contributed by atoms with van der Waals surface area (Å²) in [6.07, 6.45) is 3.31. The number of rotatable bonds is 3. The largest absolute Gasteiger partial charge is 0.307 e. The monoisotopic (exact) mass is 231 g/mol. The molecule has 17 heavy (non-hydrogen) atoms. The Morgan fingerprint density at radius 2 is 1.94 bits per heavy atom. The Morgan fingerprint density at radius 3 is 2.59 bits per heavy atom. The van der Waals surface area contributed by atoms with E-state index in [1.54, 1.807) is 31.6 Å². The molecule has 1 atom stereocenters. The fraction of sp³-hybridized carbons (Fsp3) is 0.231. The molecule has 2 aromatic rings. The van der Waals surface area contributed by atoms with E-state index in [4.69, 9.17) is 0 Å². The smallest absolute Gasteiger partial charge is 0.149 e. The summed E-state index contributed by atoms with van der Waals surface area (Å²) >= 11 is 0. The predicted molar refractivity (Wildman–Crippen MR) is 64.1 cm³/mol. The van der Waals surface area contributed by atoms with E-state index in [0.29, 0.717) is 11.4 Å². The molecule has 4 heteroatoms. The Balaban J connectivity index is 2.46. The lowest BCUT2D eigenvalue weighted by atomic mass is 10.0. The number of halogens is 1. The van der Waals surface area contributed by atoms with Gasteiger partial charge in [0.2, 0.25) is 0 Å². The second-order valence-corrected chi connectivity index (χ2v) is 3.85. The summed E-state index contributed by atoms with van der Waals surface area (Å²) in [4.78, 5) is 8.31. The molecule has 0 aliphatic heterocycles. The summed E-state index contributed by atoms with van der Waals surface area (Å²) in [5.74, 6) is 0.321. The maximum atomic E-state index is 13.8. The Morgan fingerprint density at radius 1 is 1.24 bits per heavy atom.